The number of hydrogen-bond donors (Lipinski definition) is 2. The summed E-state index contributed by atoms with van der Waals surface area (Å²) in [4.78, 5) is 11.8. The van der Waals surface area contributed by atoms with E-state index < -0.39 is 11.7 Å². The Morgan fingerprint density at radius 3 is 2.73 bits per heavy atom. The summed E-state index contributed by atoms with van der Waals surface area (Å²) in [7, 11) is 0. The van der Waals surface area contributed by atoms with Crippen LogP contribution in [0.1, 0.15) is 40.5 Å². The minimum Gasteiger partial charge on any atom is -0.444 e. The first-order chi connectivity index (χ1) is 10.3. The van der Waals surface area contributed by atoms with Crippen LogP contribution in [-0.4, -0.2) is 30.4 Å². The zero-order valence-corrected chi connectivity index (χ0v) is 13.8. The summed E-state index contributed by atoms with van der Waals surface area (Å²) >= 11 is 0. The highest BCUT2D eigenvalue weighted by atomic mass is 16.6. The predicted molar refractivity (Wildman–Crippen MR) is 88.4 cm³/mol. The first-order valence-corrected chi connectivity index (χ1v) is 7.80. The summed E-state index contributed by atoms with van der Waals surface area (Å²) in [5, 5.41) is 6.26. The van der Waals surface area contributed by atoms with Crippen molar-refractivity contribution < 1.29 is 14.3 Å². The van der Waals surface area contributed by atoms with E-state index in [0.29, 0.717) is 6.04 Å². The lowest BCUT2D eigenvalue weighted by Gasteiger charge is -2.28. The maximum atomic E-state index is 11.8. The van der Waals surface area contributed by atoms with Gasteiger partial charge in [-0.25, -0.2) is 4.79 Å². The zero-order chi connectivity index (χ0) is 16.2. The van der Waals surface area contributed by atoms with Crippen LogP contribution in [-0.2, 0) is 9.47 Å². The molecule has 122 valence electrons. The van der Waals surface area contributed by atoms with Crippen LogP contribution in [0.3, 0.4) is 0 Å². The molecule has 0 radical (unpaired) electrons. The van der Waals surface area contributed by atoms with Crippen LogP contribution in [0.4, 0.5) is 16.2 Å². The van der Waals surface area contributed by atoms with Crippen LogP contribution in [0.25, 0.3) is 0 Å². The van der Waals surface area contributed by atoms with E-state index in [2.05, 4.69) is 17.6 Å². The third-order valence-electron chi connectivity index (χ3n) is 3.36. The van der Waals surface area contributed by atoms with Crippen LogP contribution in [0.2, 0.25) is 0 Å². The molecule has 0 aromatic heterocycles. The lowest BCUT2D eigenvalue weighted by molar-refractivity contribution is 0.0232. The zero-order valence-electron chi connectivity index (χ0n) is 13.8. The van der Waals surface area contributed by atoms with Crippen LogP contribution < -0.4 is 10.6 Å². The molecule has 1 aromatic carbocycles. The molecule has 0 bridgehead atoms. The number of anilines is 2. The van der Waals surface area contributed by atoms with E-state index in [1.54, 1.807) is 0 Å². The highest BCUT2D eigenvalue weighted by Crippen LogP contribution is 2.21. The molecule has 2 unspecified atom stereocenters. The van der Waals surface area contributed by atoms with Crippen molar-refractivity contribution in [1.29, 1.82) is 0 Å². The molecule has 1 amide bonds. The molecule has 1 aromatic rings. The fraction of sp³-hybridized carbons (Fsp3) is 0.588. The second-order valence-electron chi connectivity index (χ2n) is 6.75. The Morgan fingerprint density at radius 2 is 2.05 bits per heavy atom. The Bertz CT molecular complexity index is 511. The largest absolute Gasteiger partial charge is 0.444 e. The number of rotatable bonds is 3. The maximum Gasteiger partial charge on any atom is 0.412 e. The van der Waals surface area contributed by atoms with Crippen molar-refractivity contribution in [2.24, 2.45) is 0 Å². The van der Waals surface area contributed by atoms with Gasteiger partial charge >= 0.3 is 6.09 Å². The fourth-order valence-electron chi connectivity index (χ4n) is 2.47. The molecule has 2 rings (SSSR count). The monoisotopic (exact) mass is 306 g/mol. The molecule has 1 aliphatic heterocycles. The molecule has 0 spiro atoms. The van der Waals surface area contributed by atoms with Crippen molar-refractivity contribution in [1.82, 2.24) is 0 Å². The summed E-state index contributed by atoms with van der Waals surface area (Å²) in [6.45, 7) is 8.41. The Morgan fingerprint density at radius 1 is 1.32 bits per heavy atom. The predicted octanol–water partition coefficient (Wildman–Crippen LogP) is 4.01. The van der Waals surface area contributed by atoms with E-state index >= 15 is 0 Å². The van der Waals surface area contributed by atoms with Gasteiger partial charge in [-0.05, 0) is 58.7 Å². The van der Waals surface area contributed by atoms with Crippen LogP contribution in [0, 0.1) is 0 Å². The van der Waals surface area contributed by atoms with Gasteiger partial charge in [0.25, 0.3) is 0 Å². The number of ether oxygens (including phenoxy) is 2. The van der Waals surface area contributed by atoms with Crippen molar-refractivity contribution in [3.8, 4) is 0 Å². The highest BCUT2D eigenvalue weighted by molar-refractivity contribution is 5.85. The van der Waals surface area contributed by atoms with E-state index in [4.69, 9.17) is 9.47 Å². The standard InChI is InChI=1S/C17H26N2O3/c1-12-10-15(8-9-21-12)18-13-6-5-7-14(11-13)19-16(20)22-17(2,3)4/h5-7,11-12,15,18H,8-10H2,1-4H3,(H,19,20). The fourth-order valence-corrected chi connectivity index (χ4v) is 2.47. The van der Waals surface area contributed by atoms with E-state index in [-0.39, 0.29) is 6.10 Å². The number of nitrogens with one attached hydrogen (secondary N) is 2. The third kappa shape index (κ3) is 5.56. The molecule has 22 heavy (non-hydrogen) atoms. The Hall–Kier alpha value is -1.75. The molecular formula is C17H26N2O3. The van der Waals surface area contributed by atoms with Gasteiger partial charge in [-0.2, -0.15) is 0 Å². The van der Waals surface area contributed by atoms with E-state index in [9.17, 15) is 4.79 Å². The summed E-state index contributed by atoms with van der Waals surface area (Å²) < 4.78 is 10.8. The number of carbonyl (C=O) groups excluding carboxylic acids is 1. The molecule has 2 N–H and O–H groups in total. The number of hydrogen-bond acceptors (Lipinski definition) is 4. The molecule has 1 saturated heterocycles. The maximum absolute atomic E-state index is 11.8. The van der Waals surface area contributed by atoms with E-state index in [1.165, 1.54) is 0 Å². The third-order valence-corrected chi connectivity index (χ3v) is 3.36. The first kappa shape index (κ1) is 16.6. The van der Waals surface area contributed by atoms with E-state index in [0.717, 1.165) is 30.8 Å². The van der Waals surface area contributed by atoms with Crippen molar-refractivity contribution in [3.63, 3.8) is 0 Å². The Kier molecular flexibility index (Phi) is 5.29. The van der Waals surface area contributed by atoms with Crippen LogP contribution in [0.5, 0.6) is 0 Å². The summed E-state index contributed by atoms with van der Waals surface area (Å²) in [5.41, 5.74) is 1.21. The Labute approximate surface area is 132 Å². The van der Waals surface area contributed by atoms with Crippen molar-refractivity contribution in [2.75, 3.05) is 17.2 Å². The normalized spacial score (nSPS) is 22.0. The van der Waals surface area contributed by atoms with Gasteiger partial charge in [-0.1, -0.05) is 6.07 Å². The van der Waals surface area contributed by atoms with Gasteiger partial charge in [0.05, 0.1) is 6.10 Å². The average molecular weight is 306 g/mol. The van der Waals surface area contributed by atoms with Crippen LogP contribution in [0.15, 0.2) is 24.3 Å². The van der Waals surface area contributed by atoms with Gasteiger partial charge in [-0.15, -0.1) is 0 Å². The molecule has 1 fully saturated rings. The first-order valence-electron chi connectivity index (χ1n) is 7.80. The van der Waals surface area contributed by atoms with E-state index in [1.807, 2.05) is 45.0 Å². The van der Waals surface area contributed by atoms with Gasteiger partial charge in [0, 0.05) is 24.0 Å². The molecule has 5 nitrogen and oxygen atoms in total. The molecule has 0 saturated carbocycles. The lowest BCUT2D eigenvalue weighted by Crippen LogP contribution is -2.32. The number of carbonyl (C=O) groups is 1. The molecule has 1 aliphatic rings. The van der Waals surface area contributed by atoms with Gasteiger partial charge < -0.3 is 14.8 Å². The second kappa shape index (κ2) is 7.01. The molecule has 2 atom stereocenters. The molecule has 0 aliphatic carbocycles. The van der Waals surface area contributed by atoms with Crippen molar-refractivity contribution in [3.05, 3.63) is 24.3 Å². The summed E-state index contributed by atoms with van der Waals surface area (Å²) in [6, 6.07) is 8.09. The van der Waals surface area contributed by atoms with Crippen molar-refractivity contribution in [2.45, 2.75) is 58.3 Å². The average Bonchev–Trinajstić information content (AvgIpc) is 2.36. The van der Waals surface area contributed by atoms with Crippen molar-refractivity contribution >= 4 is 17.5 Å². The molecular weight excluding hydrogens is 280 g/mol. The second-order valence-corrected chi connectivity index (χ2v) is 6.75. The lowest BCUT2D eigenvalue weighted by atomic mass is 10.0. The minimum atomic E-state index is -0.502. The van der Waals surface area contributed by atoms with Gasteiger partial charge in [0.1, 0.15) is 5.60 Å². The topological polar surface area (TPSA) is 59.6 Å². The minimum absolute atomic E-state index is 0.286. The molecule has 1 heterocycles. The Balaban J connectivity index is 1.93. The van der Waals surface area contributed by atoms with Gasteiger partial charge in [0.2, 0.25) is 0 Å². The summed E-state index contributed by atoms with van der Waals surface area (Å²) in [6.07, 6.45) is 1.83. The van der Waals surface area contributed by atoms with Crippen LogP contribution >= 0.6 is 0 Å². The highest BCUT2D eigenvalue weighted by Gasteiger charge is 2.19. The number of amides is 1. The molecule has 5 heteroatoms. The van der Waals surface area contributed by atoms with Gasteiger partial charge in [0.15, 0.2) is 0 Å². The smallest absolute Gasteiger partial charge is 0.412 e. The number of benzene rings is 1. The quantitative estimate of drug-likeness (QED) is 0.885. The van der Waals surface area contributed by atoms with Gasteiger partial charge in [-0.3, -0.25) is 5.32 Å². The SMILES string of the molecule is CC1CC(Nc2cccc(NC(=O)OC(C)(C)C)c2)CCO1. The summed E-state index contributed by atoms with van der Waals surface area (Å²) in [5.74, 6) is 0.